The molecule has 0 aliphatic rings. The molecule has 1 amide bonds. The summed E-state index contributed by atoms with van der Waals surface area (Å²) in [5, 5.41) is 13.7. The van der Waals surface area contributed by atoms with Crippen LogP contribution in [0.1, 0.15) is 31.3 Å². The van der Waals surface area contributed by atoms with Gasteiger partial charge in [-0.25, -0.2) is 0 Å². The number of amides is 1. The van der Waals surface area contributed by atoms with E-state index in [4.69, 9.17) is 4.74 Å². The molecule has 6 nitrogen and oxygen atoms in total. The van der Waals surface area contributed by atoms with Gasteiger partial charge < -0.3 is 15.4 Å². The lowest BCUT2D eigenvalue weighted by molar-refractivity contribution is 0.0950. The Morgan fingerprint density at radius 3 is 2.61 bits per heavy atom. The SMILES string of the molecule is CCNC(=O)c1ccc(NC(C)(C)COC)nn1. The van der Waals surface area contributed by atoms with Crippen LogP contribution in [-0.4, -0.2) is 41.9 Å². The molecule has 1 aromatic rings. The van der Waals surface area contributed by atoms with E-state index >= 15 is 0 Å². The summed E-state index contributed by atoms with van der Waals surface area (Å²) in [7, 11) is 1.65. The van der Waals surface area contributed by atoms with Gasteiger partial charge in [0.1, 0.15) is 5.82 Å². The van der Waals surface area contributed by atoms with Gasteiger partial charge >= 0.3 is 0 Å². The Balaban J connectivity index is 2.68. The number of anilines is 1. The predicted molar refractivity (Wildman–Crippen MR) is 69.6 cm³/mol. The number of nitrogens with zero attached hydrogens (tertiary/aromatic N) is 2. The summed E-state index contributed by atoms with van der Waals surface area (Å²) in [6.45, 7) is 6.97. The standard InChI is InChI=1S/C12H20N4O2/c1-5-13-11(17)9-6-7-10(16-15-9)14-12(2,3)8-18-4/h6-7H,5,8H2,1-4H3,(H,13,17)(H,14,16). The van der Waals surface area contributed by atoms with Crippen LogP contribution in [0.15, 0.2) is 12.1 Å². The van der Waals surface area contributed by atoms with Crippen LogP contribution in [0.5, 0.6) is 0 Å². The highest BCUT2D eigenvalue weighted by Gasteiger charge is 2.18. The minimum atomic E-state index is -0.239. The maximum Gasteiger partial charge on any atom is 0.271 e. The highest BCUT2D eigenvalue weighted by molar-refractivity contribution is 5.92. The van der Waals surface area contributed by atoms with Crippen molar-refractivity contribution in [1.82, 2.24) is 15.5 Å². The maximum absolute atomic E-state index is 11.5. The van der Waals surface area contributed by atoms with E-state index in [0.29, 0.717) is 24.7 Å². The van der Waals surface area contributed by atoms with Crippen molar-refractivity contribution in [2.45, 2.75) is 26.3 Å². The fourth-order valence-corrected chi connectivity index (χ4v) is 1.51. The van der Waals surface area contributed by atoms with E-state index < -0.39 is 0 Å². The number of hydrogen-bond donors (Lipinski definition) is 2. The van der Waals surface area contributed by atoms with E-state index in [9.17, 15) is 4.79 Å². The Morgan fingerprint density at radius 1 is 1.39 bits per heavy atom. The summed E-state index contributed by atoms with van der Waals surface area (Å²) >= 11 is 0. The summed E-state index contributed by atoms with van der Waals surface area (Å²) in [5.41, 5.74) is 0.0725. The molecule has 0 saturated heterocycles. The lowest BCUT2D eigenvalue weighted by Gasteiger charge is -2.25. The van der Waals surface area contributed by atoms with Crippen LogP contribution >= 0.6 is 0 Å². The molecular formula is C12H20N4O2. The first-order valence-electron chi connectivity index (χ1n) is 5.87. The minimum Gasteiger partial charge on any atom is -0.382 e. The number of nitrogens with one attached hydrogen (secondary N) is 2. The first-order chi connectivity index (χ1) is 8.48. The van der Waals surface area contributed by atoms with Crippen molar-refractivity contribution in [3.05, 3.63) is 17.8 Å². The van der Waals surface area contributed by atoms with Crippen LogP contribution in [0, 0.1) is 0 Å². The van der Waals surface area contributed by atoms with Gasteiger partial charge in [-0.2, -0.15) is 0 Å². The number of rotatable bonds is 6. The van der Waals surface area contributed by atoms with E-state index in [0.717, 1.165) is 0 Å². The van der Waals surface area contributed by atoms with Gasteiger partial charge in [-0.15, -0.1) is 10.2 Å². The van der Waals surface area contributed by atoms with E-state index in [2.05, 4.69) is 20.8 Å². The molecule has 0 radical (unpaired) electrons. The molecule has 1 heterocycles. The van der Waals surface area contributed by atoms with Gasteiger partial charge in [0.25, 0.3) is 5.91 Å². The lowest BCUT2D eigenvalue weighted by atomic mass is 10.1. The zero-order valence-electron chi connectivity index (χ0n) is 11.3. The molecule has 0 atom stereocenters. The van der Waals surface area contributed by atoms with Crippen molar-refractivity contribution in [2.24, 2.45) is 0 Å². The highest BCUT2D eigenvalue weighted by Crippen LogP contribution is 2.12. The third-order valence-corrected chi connectivity index (χ3v) is 2.21. The molecular weight excluding hydrogens is 232 g/mol. The molecule has 0 aliphatic carbocycles. The van der Waals surface area contributed by atoms with E-state index in [-0.39, 0.29) is 11.4 Å². The molecule has 18 heavy (non-hydrogen) atoms. The number of methoxy groups -OCH3 is 1. The Bertz CT molecular complexity index is 390. The monoisotopic (exact) mass is 252 g/mol. The molecule has 0 spiro atoms. The molecule has 6 heteroatoms. The summed E-state index contributed by atoms with van der Waals surface area (Å²) in [4.78, 5) is 11.5. The third kappa shape index (κ3) is 4.29. The zero-order chi connectivity index (χ0) is 13.6. The molecule has 1 rings (SSSR count). The molecule has 2 N–H and O–H groups in total. The van der Waals surface area contributed by atoms with Gasteiger partial charge in [0, 0.05) is 13.7 Å². The molecule has 100 valence electrons. The maximum atomic E-state index is 11.5. The fraction of sp³-hybridized carbons (Fsp3) is 0.583. The van der Waals surface area contributed by atoms with Gasteiger partial charge in [0.15, 0.2) is 5.69 Å². The lowest BCUT2D eigenvalue weighted by Crippen LogP contribution is -2.36. The molecule has 0 fully saturated rings. The molecule has 0 aliphatic heterocycles. The van der Waals surface area contributed by atoms with Gasteiger partial charge in [-0.3, -0.25) is 4.79 Å². The average molecular weight is 252 g/mol. The van der Waals surface area contributed by atoms with Crippen LogP contribution < -0.4 is 10.6 Å². The third-order valence-electron chi connectivity index (χ3n) is 2.21. The fourth-order valence-electron chi connectivity index (χ4n) is 1.51. The second-order valence-electron chi connectivity index (χ2n) is 4.61. The van der Waals surface area contributed by atoms with Crippen molar-refractivity contribution in [3.63, 3.8) is 0 Å². The van der Waals surface area contributed by atoms with Gasteiger partial charge in [-0.05, 0) is 32.9 Å². The van der Waals surface area contributed by atoms with Crippen LogP contribution in [0.4, 0.5) is 5.82 Å². The molecule has 0 saturated carbocycles. The minimum absolute atomic E-state index is 0.215. The van der Waals surface area contributed by atoms with Crippen LogP contribution in [-0.2, 0) is 4.74 Å². The van der Waals surface area contributed by atoms with Crippen molar-refractivity contribution in [2.75, 3.05) is 25.6 Å². The quantitative estimate of drug-likeness (QED) is 0.792. The highest BCUT2D eigenvalue weighted by atomic mass is 16.5. The Kier molecular flexibility index (Phi) is 5.03. The van der Waals surface area contributed by atoms with Crippen molar-refractivity contribution >= 4 is 11.7 Å². The summed E-state index contributed by atoms with van der Waals surface area (Å²) in [5.74, 6) is 0.401. The first kappa shape index (κ1) is 14.4. The second-order valence-corrected chi connectivity index (χ2v) is 4.61. The van der Waals surface area contributed by atoms with Gasteiger partial charge in [-0.1, -0.05) is 0 Å². The van der Waals surface area contributed by atoms with E-state index in [1.807, 2.05) is 20.8 Å². The Morgan fingerprint density at radius 2 is 2.11 bits per heavy atom. The van der Waals surface area contributed by atoms with Gasteiger partial charge in [0.2, 0.25) is 0 Å². The van der Waals surface area contributed by atoms with Crippen molar-refractivity contribution < 1.29 is 9.53 Å². The first-order valence-corrected chi connectivity index (χ1v) is 5.87. The Labute approximate surface area is 107 Å². The number of carbonyl (C=O) groups is 1. The molecule has 0 unspecified atom stereocenters. The number of ether oxygens (including phenoxy) is 1. The zero-order valence-corrected chi connectivity index (χ0v) is 11.3. The van der Waals surface area contributed by atoms with Crippen LogP contribution in [0.2, 0.25) is 0 Å². The smallest absolute Gasteiger partial charge is 0.271 e. The summed E-state index contributed by atoms with van der Waals surface area (Å²) in [6.07, 6.45) is 0. The second kappa shape index (κ2) is 6.30. The number of hydrogen-bond acceptors (Lipinski definition) is 5. The van der Waals surface area contributed by atoms with Gasteiger partial charge in [0.05, 0.1) is 12.1 Å². The summed E-state index contributed by atoms with van der Waals surface area (Å²) < 4.78 is 5.10. The average Bonchev–Trinajstić information content (AvgIpc) is 2.29. The summed E-state index contributed by atoms with van der Waals surface area (Å²) in [6, 6.07) is 3.37. The van der Waals surface area contributed by atoms with Crippen LogP contribution in [0.3, 0.4) is 0 Å². The van der Waals surface area contributed by atoms with E-state index in [1.54, 1.807) is 19.2 Å². The normalized spacial score (nSPS) is 11.1. The van der Waals surface area contributed by atoms with Crippen molar-refractivity contribution in [3.8, 4) is 0 Å². The number of aromatic nitrogens is 2. The number of carbonyl (C=O) groups excluding carboxylic acids is 1. The molecule has 0 bridgehead atoms. The van der Waals surface area contributed by atoms with E-state index in [1.165, 1.54) is 0 Å². The Hall–Kier alpha value is -1.69. The topological polar surface area (TPSA) is 76.1 Å². The van der Waals surface area contributed by atoms with Crippen LogP contribution in [0.25, 0.3) is 0 Å². The molecule has 0 aromatic carbocycles. The largest absolute Gasteiger partial charge is 0.382 e. The molecule has 1 aromatic heterocycles. The predicted octanol–water partition coefficient (Wildman–Crippen LogP) is 1.06. The van der Waals surface area contributed by atoms with Crippen molar-refractivity contribution in [1.29, 1.82) is 0 Å².